The molecule has 0 aliphatic carbocycles. The van der Waals surface area contributed by atoms with E-state index < -0.39 is 0 Å². The minimum atomic E-state index is 0.475. The Morgan fingerprint density at radius 2 is 2.00 bits per heavy atom. The van der Waals surface area contributed by atoms with Crippen molar-refractivity contribution in [3.8, 4) is 0 Å². The number of nitrogens with zero attached hydrogens (tertiary/aromatic N) is 3. The lowest BCUT2D eigenvalue weighted by atomic mass is 9.91. The molecule has 0 saturated carbocycles. The highest BCUT2D eigenvalue weighted by Crippen LogP contribution is 2.22. The maximum Gasteiger partial charge on any atom is 0.151 e. The van der Waals surface area contributed by atoms with E-state index in [-0.39, 0.29) is 0 Å². The third-order valence-corrected chi connectivity index (χ3v) is 3.77. The molecule has 1 fully saturated rings. The van der Waals surface area contributed by atoms with E-state index in [1.165, 1.54) is 25.9 Å². The highest BCUT2D eigenvalue weighted by atomic mass is 35.5. The zero-order valence-corrected chi connectivity index (χ0v) is 11.3. The Morgan fingerprint density at radius 1 is 1.29 bits per heavy atom. The average molecular weight is 254 g/mol. The molecular weight excluding hydrogens is 234 g/mol. The third-order valence-electron chi connectivity index (χ3n) is 3.56. The van der Waals surface area contributed by atoms with Crippen LogP contribution in [-0.4, -0.2) is 34.2 Å². The van der Waals surface area contributed by atoms with E-state index in [0.29, 0.717) is 11.2 Å². The van der Waals surface area contributed by atoms with E-state index >= 15 is 0 Å². The van der Waals surface area contributed by atoms with Crippen molar-refractivity contribution in [3.05, 3.63) is 23.0 Å². The van der Waals surface area contributed by atoms with Crippen molar-refractivity contribution in [2.45, 2.75) is 39.2 Å². The molecule has 1 aromatic rings. The fourth-order valence-electron chi connectivity index (χ4n) is 2.42. The quantitative estimate of drug-likeness (QED) is 0.830. The number of piperidine rings is 1. The summed E-state index contributed by atoms with van der Waals surface area (Å²) in [6, 6.07) is 4.49. The van der Waals surface area contributed by atoms with E-state index in [1.54, 1.807) is 0 Å². The van der Waals surface area contributed by atoms with Crippen molar-refractivity contribution in [1.82, 2.24) is 15.1 Å². The van der Waals surface area contributed by atoms with Crippen LogP contribution in [0.3, 0.4) is 0 Å². The fourth-order valence-corrected chi connectivity index (χ4v) is 2.52. The first-order valence-corrected chi connectivity index (χ1v) is 6.75. The zero-order valence-electron chi connectivity index (χ0n) is 10.6. The molecule has 1 aromatic heterocycles. The van der Waals surface area contributed by atoms with Crippen molar-refractivity contribution >= 4 is 11.6 Å². The number of hydrogen-bond donors (Lipinski definition) is 0. The predicted octanol–water partition coefficient (Wildman–Crippen LogP) is 2.79. The molecule has 2 rings (SSSR count). The summed E-state index contributed by atoms with van der Waals surface area (Å²) in [4.78, 5) is 2.55. The van der Waals surface area contributed by atoms with Gasteiger partial charge in [0.15, 0.2) is 5.15 Å². The Bertz CT molecular complexity index is 342. The van der Waals surface area contributed by atoms with Gasteiger partial charge in [-0.3, -0.25) is 0 Å². The van der Waals surface area contributed by atoms with Gasteiger partial charge in [-0.2, -0.15) is 5.10 Å². The van der Waals surface area contributed by atoms with Crippen LogP contribution in [-0.2, 0) is 6.42 Å². The maximum atomic E-state index is 5.73. The molecule has 2 heterocycles. The van der Waals surface area contributed by atoms with Gasteiger partial charge < -0.3 is 4.90 Å². The van der Waals surface area contributed by atoms with Gasteiger partial charge >= 0.3 is 0 Å². The Hall–Kier alpha value is -0.670. The number of aromatic nitrogens is 2. The lowest BCUT2D eigenvalue weighted by molar-refractivity contribution is 0.149. The summed E-state index contributed by atoms with van der Waals surface area (Å²) >= 11 is 5.73. The molecule has 0 amide bonds. The highest BCUT2D eigenvalue weighted by Gasteiger charge is 2.21. The molecule has 0 unspecified atom stereocenters. The minimum Gasteiger partial charge on any atom is -0.301 e. The van der Waals surface area contributed by atoms with Crippen LogP contribution in [0.4, 0.5) is 0 Å². The molecule has 1 aliphatic heterocycles. The SMILES string of the molecule is CC(C)N1CCC(Cc2ccc(Cl)nn2)CC1. The molecule has 94 valence electrons. The van der Waals surface area contributed by atoms with Gasteiger partial charge in [0.1, 0.15) is 0 Å². The van der Waals surface area contributed by atoms with Gasteiger partial charge in [-0.1, -0.05) is 11.6 Å². The molecule has 0 aromatic carbocycles. The summed E-state index contributed by atoms with van der Waals surface area (Å²) in [7, 11) is 0. The fraction of sp³-hybridized carbons (Fsp3) is 0.692. The topological polar surface area (TPSA) is 29.0 Å². The summed E-state index contributed by atoms with van der Waals surface area (Å²) < 4.78 is 0. The first-order chi connectivity index (χ1) is 8.15. The standard InChI is InChI=1S/C13H20ClN3/c1-10(2)17-7-5-11(6-8-17)9-12-3-4-13(14)16-15-12/h3-4,10-11H,5-9H2,1-2H3. The van der Waals surface area contributed by atoms with Crippen molar-refractivity contribution in [2.75, 3.05) is 13.1 Å². The smallest absolute Gasteiger partial charge is 0.151 e. The van der Waals surface area contributed by atoms with E-state index in [1.807, 2.05) is 12.1 Å². The van der Waals surface area contributed by atoms with Crippen molar-refractivity contribution in [3.63, 3.8) is 0 Å². The predicted molar refractivity (Wildman–Crippen MR) is 70.2 cm³/mol. The first kappa shape index (κ1) is 12.8. The van der Waals surface area contributed by atoms with Crippen molar-refractivity contribution < 1.29 is 0 Å². The van der Waals surface area contributed by atoms with Crippen LogP contribution in [0.25, 0.3) is 0 Å². The van der Waals surface area contributed by atoms with Gasteiger partial charge in [-0.25, -0.2) is 0 Å². The van der Waals surface area contributed by atoms with Crippen LogP contribution in [0.5, 0.6) is 0 Å². The maximum absolute atomic E-state index is 5.73. The van der Waals surface area contributed by atoms with Crippen molar-refractivity contribution in [2.24, 2.45) is 5.92 Å². The first-order valence-electron chi connectivity index (χ1n) is 6.37. The van der Waals surface area contributed by atoms with Crippen LogP contribution in [0.15, 0.2) is 12.1 Å². The summed E-state index contributed by atoms with van der Waals surface area (Å²) in [6.07, 6.45) is 3.57. The van der Waals surface area contributed by atoms with E-state index in [0.717, 1.165) is 18.0 Å². The van der Waals surface area contributed by atoms with Crippen LogP contribution in [0.1, 0.15) is 32.4 Å². The molecule has 0 atom stereocenters. The summed E-state index contributed by atoms with van der Waals surface area (Å²) in [5, 5.41) is 8.50. The van der Waals surface area contributed by atoms with E-state index in [9.17, 15) is 0 Å². The highest BCUT2D eigenvalue weighted by molar-refractivity contribution is 6.29. The second-order valence-corrected chi connectivity index (χ2v) is 5.51. The van der Waals surface area contributed by atoms with Gasteiger partial charge in [0, 0.05) is 6.04 Å². The molecule has 3 nitrogen and oxygen atoms in total. The Labute approximate surface area is 108 Å². The number of halogens is 1. The molecule has 0 radical (unpaired) electrons. The molecule has 1 saturated heterocycles. The summed E-state index contributed by atoms with van der Waals surface area (Å²) in [5.41, 5.74) is 1.07. The normalized spacial score (nSPS) is 18.8. The Kier molecular flexibility index (Phi) is 4.35. The van der Waals surface area contributed by atoms with Gasteiger partial charge in [0.05, 0.1) is 5.69 Å². The molecule has 0 bridgehead atoms. The average Bonchev–Trinajstić information content (AvgIpc) is 2.33. The van der Waals surface area contributed by atoms with Gasteiger partial charge in [-0.05, 0) is 64.3 Å². The van der Waals surface area contributed by atoms with E-state index in [4.69, 9.17) is 11.6 Å². The van der Waals surface area contributed by atoms with Gasteiger partial charge in [0.2, 0.25) is 0 Å². The lowest BCUT2D eigenvalue weighted by Crippen LogP contribution is -2.38. The summed E-state index contributed by atoms with van der Waals surface area (Å²) in [6.45, 7) is 6.96. The van der Waals surface area contributed by atoms with Crippen LogP contribution < -0.4 is 0 Å². The molecule has 17 heavy (non-hydrogen) atoms. The monoisotopic (exact) mass is 253 g/mol. The molecular formula is C13H20ClN3. The number of rotatable bonds is 3. The van der Waals surface area contributed by atoms with Crippen LogP contribution >= 0.6 is 11.6 Å². The van der Waals surface area contributed by atoms with Gasteiger partial charge in [0.25, 0.3) is 0 Å². The molecule has 0 spiro atoms. The van der Waals surface area contributed by atoms with Crippen LogP contribution in [0.2, 0.25) is 5.15 Å². The van der Waals surface area contributed by atoms with Crippen molar-refractivity contribution in [1.29, 1.82) is 0 Å². The second-order valence-electron chi connectivity index (χ2n) is 5.12. The minimum absolute atomic E-state index is 0.475. The molecule has 1 aliphatic rings. The number of hydrogen-bond acceptors (Lipinski definition) is 3. The number of likely N-dealkylation sites (tertiary alicyclic amines) is 1. The van der Waals surface area contributed by atoms with Crippen LogP contribution in [0, 0.1) is 5.92 Å². The van der Waals surface area contributed by atoms with Gasteiger partial charge in [-0.15, -0.1) is 5.10 Å². The largest absolute Gasteiger partial charge is 0.301 e. The lowest BCUT2D eigenvalue weighted by Gasteiger charge is -2.34. The summed E-state index contributed by atoms with van der Waals surface area (Å²) in [5.74, 6) is 0.750. The zero-order chi connectivity index (χ0) is 12.3. The molecule has 4 heteroatoms. The molecule has 0 N–H and O–H groups in total. The Balaban J connectivity index is 1.84. The third kappa shape index (κ3) is 3.65. The van der Waals surface area contributed by atoms with E-state index in [2.05, 4.69) is 28.9 Å². The Morgan fingerprint density at radius 3 is 2.53 bits per heavy atom. The second kappa shape index (κ2) is 5.78.